The number of nitrogens with one attached hydrogen (secondary N) is 1. The van der Waals surface area contributed by atoms with Crippen LogP contribution in [0.4, 0.5) is 0 Å². The largest absolute Gasteiger partial charge is 0.316 e. The smallest absolute Gasteiger partial charge is 0.0250 e. The molecule has 0 aliphatic heterocycles. The minimum Gasteiger partial charge on any atom is -0.316 e. The molecule has 0 aromatic heterocycles. The third-order valence-corrected chi connectivity index (χ3v) is 2.46. The standard InChI is InChI=1S/C11H14BrN/c1-9-5-6-10(11(12)8-9)4-3-7-13-2/h3-6,8,13H,7H2,1-2H3/b4-3+. The van der Waals surface area contributed by atoms with Gasteiger partial charge in [-0.1, -0.05) is 40.2 Å². The number of likely N-dealkylation sites (N-methyl/N-ethyl adjacent to an activating group) is 1. The van der Waals surface area contributed by atoms with Crippen LogP contribution >= 0.6 is 15.9 Å². The van der Waals surface area contributed by atoms with Crippen LogP contribution in [-0.2, 0) is 0 Å². The Bertz CT molecular complexity index is 305. The maximum Gasteiger partial charge on any atom is 0.0250 e. The average molecular weight is 240 g/mol. The highest BCUT2D eigenvalue weighted by molar-refractivity contribution is 9.10. The number of benzene rings is 1. The molecule has 0 aliphatic rings. The number of hydrogen-bond acceptors (Lipinski definition) is 1. The van der Waals surface area contributed by atoms with Gasteiger partial charge in [0.15, 0.2) is 0 Å². The third-order valence-electron chi connectivity index (χ3n) is 1.78. The Balaban J connectivity index is 2.77. The van der Waals surface area contributed by atoms with Crippen molar-refractivity contribution < 1.29 is 0 Å². The zero-order valence-electron chi connectivity index (χ0n) is 7.97. The van der Waals surface area contributed by atoms with E-state index in [0.29, 0.717) is 0 Å². The second kappa shape index (κ2) is 5.20. The quantitative estimate of drug-likeness (QED) is 0.856. The van der Waals surface area contributed by atoms with Gasteiger partial charge in [-0.25, -0.2) is 0 Å². The van der Waals surface area contributed by atoms with Crippen LogP contribution in [0, 0.1) is 6.92 Å². The van der Waals surface area contributed by atoms with Crippen molar-refractivity contribution in [1.29, 1.82) is 0 Å². The van der Waals surface area contributed by atoms with E-state index < -0.39 is 0 Å². The molecule has 1 nitrogen and oxygen atoms in total. The first kappa shape index (κ1) is 10.5. The molecule has 13 heavy (non-hydrogen) atoms. The lowest BCUT2D eigenvalue weighted by Gasteiger charge is -1.99. The Hall–Kier alpha value is -0.600. The molecule has 70 valence electrons. The highest BCUT2D eigenvalue weighted by atomic mass is 79.9. The molecule has 1 rings (SSSR count). The van der Waals surface area contributed by atoms with Crippen LogP contribution in [0.5, 0.6) is 0 Å². The SMILES string of the molecule is CNC/C=C/c1ccc(C)cc1Br. The van der Waals surface area contributed by atoms with Gasteiger partial charge in [-0.2, -0.15) is 0 Å². The van der Waals surface area contributed by atoms with Crippen molar-refractivity contribution in [2.24, 2.45) is 0 Å². The highest BCUT2D eigenvalue weighted by Gasteiger charge is 1.94. The zero-order valence-corrected chi connectivity index (χ0v) is 9.56. The molecular weight excluding hydrogens is 226 g/mol. The van der Waals surface area contributed by atoms with E-state index in [4.69, 9.17) is 0 Å². The van der Waals surface area contributed by atoms with Gasteiger partial charge in [0.25, 0.3) is 0 Å². The molecule has 0 bridgehead atoms. The van der Waals surface area contributed by atoms with Gasteiger partial charge in [-0.05, 0) is 31.2 Å². The molecule has 0 saturated carbocycles. The molecule has 0 unspecified atom stereocenters. The Morgan fingerprint density at radius 3 is 2.85 bits per heavy atom. The van der Waals surface area contributed by atoms with Gasteiger partial charge in [-0.15, -0.1) is 0 Å². The number of aryl methyl sites for hydroxylation is 1. The van der Waals surface area contributed by atoms with Crippen LogP contribution in [-0.4, -0.2) is 13.6 Å². The van der Waals surface area contributed by atoms with E-state index in [-0.39, 0.29) is 0 Å². The number of rotatable bonds is 3. The van der Waals surface area contributed by atoms with Gasteiger partial charge in [0, 0.05) is 11.0 Å². The van der Waals surface area contributed by atoms with Gasteiger partial charge in [0.1, 0.15) is 0 Å². The monoisotopic (exact) mass is 239 g/mol. The van der Waals surface area contributed by atoms with E-state index in [2.05, 4.69) is 58.5 Å². The summed E-state index contributed by atoms with van der Waals surface area (Å²) in [6, 6.07) is 6.36. The summed E-state index contributed by atoms with van der Waals surface area (Å²) in [5, 5.41) is 3.07. The molecular formula is C11H14BrN. The normalized spacial score (nSPS) is 11.0. The summed E-state index contributed by atoms with van der Waals surface area (Å²) in [7, 11) is 1.94. The lowest BCUT2D eigenvalue weighted by atomic mass is 10.1. The molecule has 0 saturated heterocycles. The first-order valence-electron chi connectivity index (χ1n) is 4.31. The minimum atomic E-state index is 0.903. The lowest BCUT2D eigenvalue weighted by molar-refractivity contribution is 0.922. The fourth-order valence-corrected chi connectivity index (χ4v) is 1.70. The Morgan fingerprint density at radius 1 is 1.46 bits per heavy atom. The molecule has 2 heteroatoms. The predicted octanol–water partition coefficient (Wildman–Crippen LogP) is 2.99. The molecule has 0 radical (unpaired) electrons. The van der Waals surface area contributed by atoms with Crippen LogP contribution in [0.2, 0.25) is 0 Å². The molecule has 1 aromatic carbocycles. The van der Waals surface area contributed by atoms with Gasteiger partial charge in [0.2, 0.25) is 0 Å². The van der Waals surface area contributed by atoms with Gasteiger partial charge in [-0.3, -0.25) is 0 Å². The highest BCUT2D eigenvalue weighted by Crippen LogP contribution is 2.19. The van der Waals surface area contributed by atoms with Crippen LogP contribution < -0.4 is 5.32 Å². The topological polar surface area (TPSA) is 12.0 Å². The van der Waals surface area contributed by atoms with E-state index in [1.54, 1.807) is 0 Å². The average Bonchev–Trinajstić information content (AvgIpc) is 2.09. The molecule has 1 N–H and O–H groups in total. The summed E-state index contributed by atoms with van der Waals surface area (Å²) < 4.78 is 1.15. The number of halogens is 1. The van der Waals surface area contributed by atoms with Crippen molar-refractivity contribution in [2.75, 3.05) is 13.6 Å². The minimum absolute atomic E-state index is 0.903. The van der Waals surface area contributed by atoms with Crippen LogP contribution in [0.15, 0.2) is 28.7 Å². The van der Waals surface area contributed by atoms with E-state index in [1.807, 2.05) is 7.05 Å². The first-order chi connectivity index (χ1) is 6.24. The molecule has 0 spiro atoms. The van der Waals surface area contributed by atoms with Crippen molar-refractivity contribution in [3.05, 3.63) is 39.9 Å². The maximum atomic E-state index is 3.53. The second-order valence-electron chi connectivity index (χ2n) is 2.99. The van der Waals surface area contributed by atoms with E-state index in [0.717, 1.165) is 11.0 Å². The Labute approximate surface area is 88.0 Å². The van der Waals surface area contributed by atoms with E-state index >= 15 is 0 Å². The summed E-state index contributed by atoms with van der Waals surface area (Å²) in [4.78, 5) is 0. The zero-order chi connectivity index (χ0) is 9.68. The van der Waals surface area contributed by atoms with Crippen LogP contribution in [0.1, 0.15) is 11.1 Å². The van der Waals surface area contributed by atoms with Crippen molar-refractivity contribution in [1.82, 2.24) is 5.32 Å². The Kier molecular flexibility index (Phi) is 4.19. The van der Waals surface area contributed by atoms with E-state index in [9.17, 15) is 0 Å². The second-order valence-corrected chi connectivity index (χ2v) is 3.84. The van der Waals surface area contributed by atoms with Gasteiger partial charge in [0.05, 0.1) is 0 Å². The maximum absolute atomic E-state index is 3.53. The molecule has 0 fully saturated rings. The van der Waals surface area contributed by atoms with Crippen molar-refractivity contribution in [2.45, 2.75) is 6.92 Å². The molecule has 0 heterocycles. The van der Waals surface area contributed by atoms with Crippen LogP contribution in [0.3, 0.4) is 0 Å². The van der Waals surface area contributed by atoms with Crippen molar-refractivity contribution in [3.8, 4) is 0 Å². The predicted molar refractivity (Wildman–Crippen MR) is 61.8 cm³/mol. The fraction of sp³-hybridized carbons (Fsp3) is 0.273. The van der Waals surface area contributed by atoms with Crippen molar-refractivity contribution >= 4 is 22.0 Å². The van der Waals surface area contributed by atoms with Gasteiger partial charge < -0.3 is 5.32 Å². The van der Waals surface area contributed by atoms with Crippen LogP contribution in [0.25, 0.3) is 6.08 Å². The number of hydrogen-bond donors (Lipinski definition) is 1. The first-order valence-corrected chi connectivity index (χ1v) is 5.10. The Morgan fingerprint density at radius 2 is 2.23 bits per heavy atom. The molecule has 0 aliphatic carbocycles. The summed E-state index contributed by atoms with van der Waals surface area (Å²) in [5.74, 6) is 0. The summed E-state index contributed by atoms with van der Waals surface area (Å²) in [6.07, 6.45) is 4.22. The summed E-state index contributed by atoms with van der Waals surface area (Å²) in [5.41, 5.74) is 2.50. The summed E-state index contributed by atoms with van der Waals surface area (Å²) >= 11 is 3.53. The molecule has 0 atom stereocenters. The van der Waals surface area contributed by atoms with Gasteiger partial charge >= 0.3 is 0 Å². The van der Waals surface area contributed by atoms with E-state index in [1.165, 1.54) is 11.1 Å². The third kappa shape index (κ3) is 3.33. The summed E-state index contributed by atoms with van der Waals surface area (Å²) in [6.45, 7) is 2.99. The molecule has 1 aromatic rings. The molecule has 0 amide bonds. The lowest BCUT2D eigenvalue weighted by Crippen LogP contribution is -2.03. The van der Waals surface area contributed by atoms with Crippen molar-refractivity contribution in [3.63, 3.8) is 0 Å². The fourth-order valence-electron chi connectivity index (χ4n) is 1.07.